The molecule has 14 heavy (non-hydrogen) atoms. The molecule has 1 aliphatic rings. The summed E-state index contributed by atoms with van der Waals surface area (Å²) in [5.41, 5.74) is 0.416. The van der Waals surface area contributed by atoms with Gasteiger partial charge in [0.05, 0.1) is 11.8 Å². The number of nitrogens with one attached hydrogen (secondary N) is 1. The van der Waals surface area contributed by atoms with E-state index in [1.54, 1.807) is 6.07 Å². The van der Waals surface area contributed by atoms with Crippen molar-refractivity contribution in [3.05, 3.63) is 23.1 Å². The highest BCUT2D eigenvalue weighted by Crippen LogP contribution is 2.32. The van der Waals surface area contributed by atoms with Crippen molar-refractivity contribution in [3.63, 3.8) is 0 Å². The highest BCUT2D eigenvalue weighted by molar-refractivity contribution is 6.32. The molecule has 1 aliphatic carbocycles. The van der Waals surface area contributed by atoms with Crippen molar-refractivity contribution in [1.82, 2.24) is 5.32 Å². The van der Waals surface area contributed by atoms with E-state index in [1.165, 1.54) is 19.1 Å². The summed E-state index contributed by atoms with van der Waals surface area (Å²) in [5.74, 6) is 0.493. The van der Waals surface area contributed by atoms with E-state index in [1.807, 2.05) is 6.92 Å². The van der Waals surface area contributed by atoms with Gasteiger partial charge in [0.15, 0.2) is 0 Å². The molecule has 1 aromatic heterocycles. The summed E-state index contributed by atoms with van der Waals surface area (Å²) in [6, 6.07) is 1.81. The van der Waals surface area contributed by atoms with E-state index < -0.39 is 0 Å². The van der Waals surface area contributed by atoms with Gasteiger partial charge in [0.25, 0.3) is 5.91 Å². The summed E-state index contributed by atoms with van der Waals surface area (Å²) in [4.78, 5) is 11.6. The van der Waals surface area contributed by atoms with Gasteiger partial charge in [-0.3, -0.25) is 4.79 Å². The van der Waals surface area contributed by atoms with Crippen molar-refractivity contribution in [1.29, 1.82) is 0 Å². The molecule has 1 saturated carbocycles. The minimum absolute atomic E-state index is 0.150. The van der Waals surface area contributed by atoms with Crippen LogP contribution in [0.2, 0.25) is 5.22 Å². The van der Waals surface area contributed by atoms with Crippen LogP contribution in [0.25, 0.3) is 0 Å². The summed E-state index contributed by atoms with van der Waals surface area (Å²) in [5, 5.41) is 3.06. The van der Waals surface area contributed by atoms with Crippen molar-refractivity contribution in [2.45, 2.75) is 25.8 Å². The number of hydrogen-bond acceptors (Lipinski definition) is 2. The van der Waals surface area contributed by atoms with Crippen LogP contribution in [-0.4, -0.2) is 11.9 Å². The molecule has 1 atom stereocenters. The minimum Gasteiger partial charge on any atom is -0.452 e. The standard InChI is InChI=1S/C10H12ClNO2/c1-6(7-2-3-7)12-10(13)8-4-5-14-9(8)11/h4-7H,2-3H2,1H3,(H,12,13)/t6-/m0/s1. The zero-order valence-electron chi connectivity index (χ0n) is 7.92. The molecule has 0 radical (unpaired) electrons. The Morgan fingerprint density at radius 1 is 1.71 bits per heavy atom. The molecule has 1 amide bonds. The summed E-state index contributed by atoms with van der Waals surface area (Å²) in [6.45, 7) is 2.02. The summed E-state index contributed by atoms with van der Waals surface area (Å²) < 4.78 is 4.85. The van der Waals surface area contributed by atoms with E-state index >= 15 is 0 Å². The molecule has 1 fully saturated rings. The number of rotatable bonds is 3. The van der Waals surface area contributed by atoms with E-state index in [0.717, 1.165) is 0 Å². The topological polar surface area (TPSA) is 42.2 Å². The van der Waals surface area contributed by atoms with Gasteiger partial charge in [-0.15, -0.1) is 0 Å². The third-order valence-electron chi connectivity index (χ3n) is 2.55. The van der Waals surface area contributed by atoms with E-state index in [2.05, 4.69) is 5.32 Å². The Balaban J connectivity index is 1.98. The van der Waals surface area contributed by atoms with E-state index in [0.29, 0.717) is 11.5 Å². The molecule has 3 nitrogen and oxygen atoms in total. The Morgan fingerprint density at radius 3 is 2.93 bits per heavy atom. The highest BCUT2D eigenvalue weighted by atomic mass is 35.5. The largest absolute Gasteiger partial charge is 0.452 e. The maximum Gasteiger partial charge on any atom is 0.256 e. The van der Waals surface area contributed by atoms with Crippen molar-refractivity contribution >= 4 is 17.5 Å². The molecule has 0 bridgehead atoms. The number of furan rings is 1. The zero-order chi connectivity index (χ0) is 10.1. The van der Waals surface area contributed by atoms with E-state index in [9.17, 15) is 4.79 Å². The van der Waals surface area contributed by atoms with Gasteiger partial charge in [-0.1, -0.05) is 0 Å². The Bertz CT molecular complexity index is 344. The van der Waals surface area contributed by atoms with Gasteiger partial charge in [-0.25, -0.2) is 0 Å². The van der Waals surface area contributed by atoms with Crippen LogP contribution in [0.1, 0.15) is 30.1 Å². The molecule has 0 aliphatic heterocycles. The van der Waals surface area contributed by atoms with Gasteiger partial charge in [0.2, 0.25) is 5.22 Å². The second-order valence-corrected chi connectivity index (χ2v) is 4.05. The fourth-order valence-electron chi connectivity index (χ4n) is 1.45. The lowest BCUT2D eigenvalue weighted by molar-refractivity contribution is 0.0935. The monoisotopic (exact) mass is 213 g/mol. The van der Waals surface area contributed by atoms with Crippen LogP contribution >= 0.6 is 11.6 Å². The summed E-state index contributed by atoms with van der Waals surface area (Å²) >= 11 is 5.69. The Labute approximate surface area is 87.4 Å². The first-order valence-electron chi connectivity index (χ1n) is 4.72. The average molecular weight is 214 g/mol. The number of hydrogen-bond donors (Lipinski definition) is 1. The molecule has 0 unspecified atom stereocenters. The first-order valence-corrected chi connectivity index (χ1v) is 5.10. The van der Waals surface area contributed by atoms with Crippen molar-refractivity contribution in [2.75, 3.05) is 0 Å². The van der Waals surface area contributed by atoms with Crippen molar-refractivity contribution in [2.24, 2.45) is 5.92 Å². The van der Waals surface area contributed by atoms with Crippen LogP contribution in [0.5, 0.6) is 0 Å². The van der Waals surface area contributed by atoms with Gasteiger partial charge in [0, 0.05) is 6.04 Å². The molecular weight excluding hydrogens is 202 g/mol. The lowest BCUT2D eigenvalue weighted by Crippen LogP contribution is -2.33. The molecular formula is C10H12ClNO2. The van der Waals surface area contributed by atoms with Crippen molar-refractivity contribution in [3.8, 4) is 0 Å². The van der Waals surface area contributed by atoms with Crippen LogP contribution in [0, 0.1) is 5.92 Å². The number of halogens is 1. The first kappa shape index (κ1) is 9.59. The molecule has 0 spiro atoms. The molecule has 1 aromatic rings. The van der Waals surface area contributed by atoms with E-state index in [-0.39, 0.29) is 17.2 Å². The molecule has 1 N–H and O–H groups in total. The smallest absolute Gasteiger partial charge is 0.256 e. The Hall–Kier alpha value is -0.960. The lowest BCUT2D eigenvalue weighted by atomic mass is 10.2. The molecule has 2 rings (SSSR count). The van der Waals surface area contributed by atoms with Gasteiger partial charge in [-0.05, 0) is 43.4 Å². The second kappa shape index (κ2) is 3.65. The van der Waals surface area contributed by atoms with Crippen LogP contribution in [0.4, 0.5) is 0 Å². The Morgan fingerprint density at radius 2 is 2.43 bits per heavy atom. The number of carbonyl (C=O) groups is 1. The molecule has 1 heterocycles. The second-order valence-electron chi connectivity index (χ2n) is 3.71. The number of amides is 1. The summed E-state index contributed by atoms with van der Waals surface area (Å²) in [7, 11) is 0. The summed E-state index contributed by atoms with van der Waals surface area (Å²) in [6.07, 6.45) is 3.83. The Kier molecular flexibility index (Phi) is 2.50. The van der Waals surface area contributed by atoms with Gasteiger partial charge >= 0.3 is 0 Å². The predicted octanol–water partition coefficient (Wildman–Crippen LogP) is 2.46. The molecule has 76 valence electrons. The zero-order valence-corrected chi connectivity index (χ0v) is 8.67. The highest BCUT2D eigenvalue weighted by Gasteiger charge is 2.29. The van der Waals surface area contributed by atoms with Crippen LogP contribution in [0.3, 0.4) is 0 Å². The average Bonchev–Trinajstić information content (AvgIpc) is 2.89. The molecule has 0 aromatic carbocycles. The fraction of sp³-hybridized carbons (Fsp3) is 0.500. The van der Waals surface area contributed by atoms with Gasteiger partial charge in [-0.2, -0.15) is 0 Å². The molecule has 4 heteroatoms. The first-order chi connectivity index (χ1) is 6.68. The van der Waals surface area contributed by atoms with Crippen LogP contribution in [-0.2, 0) is 0 Å². The molecule has 0 saturated heterocycles. The predicted molar refractivity (Wildman–Crippen MR) is 53.4 cm³/mol. The van der Waals surface area contributed by atoms with Crippen LogP contribution in [0.15, 0.2) is 16.7 Å². The third-order valence-corrected chi connectivity index (χ3v) is 2.84. The van der Waals surface area contributed by atoms with Crippen molar-refractivity contribution < 1.29 is 9.21 Å². The van der Waals surface area contributed by atoms with Crippen LogP contribution < -0.4 is 5.32 Å². The maximum absolute atomic E-state index is 11.6. The quantitative estimate of drug-likeness (QED) is 0.838. The lowest BCUT2D eigenvalue weighted by Gasteiger charge is -2.11. The fourth-order valence-corrected chi connectivity index (χ4v) is 1.65. The maximum atomic E-state index is 11.6. The number of carbonyl (C=O) groups excluding carboxylic acids is 1. The third kappa shape index (κ3) is 1.93. The van der Waals surface area contributed by atoms with Gasteiger partial charge < -0.3 is 9.73 Å². The normalized spacial score (nSPS) is 17.9. The van der Waals surface area contributed by atoms with Gasteiger partial charge in [0.1, 0.15) is 0 Å². The minimum atomic E-state index is -0.150. The SMILES string of the molecule is C[C@H](NC(=O)c1ccoc1Cl)C1CC1. The van der Waals surface area contributed by atoms with E-state index in [4.69, 9.17) is 16.0 Å².